The number of methoxy groups -OCH3 is 1. The number of nitrogens with zero attached hydrogens (tertiary/aromatic N) is 3. The van der Waals surface area contributed by atoms with Crippen LogP contribution in [0.3, 0.4) is 0 Å². The van der Waals surface area contributed by atoms with Gasteiger partial charge in [0, 0.05) is 23.6 Å². The van der Waals surface area contributed by atoms with Crippen molar-refractivity contribution in [3.8, 4) is 5.75 Å². The molecule has 2 aromatic heterocycles. The second kappa shape index (κ2) is 9.36. The molecular weight excluding hydrogens is 464 g/mol. The molecule has 1 N–H and O–H groups in total. The molecule has 0 saturated carbocycles. The number of thioether (sulfide) groups is 1. The van der Waals surface area contributed by atoms with Gasteiger partial charge in [-0.15, -0.1) is 17.9 Å². The van der Waals surface area contributed by atoms with Gasteiger partial charge in [0.2, 0.25) is 5.91 Å². The molecule has 1 unspecified atom stereocenters. The van der Waals surface area contributed by atoms with Crippen LogP contribution in [0.15, 0.2) is 40.8 Å². The van der Waals surface area contributed by atoms with Crippen LogP contribution in [-0.4, -0.2) is 32.7 Å². The van der Waals surface area contributed by atoms with Crippen molar-refractivity contribution >= 4 is 50.6 Å². The third-order valence-electron chi connectivity index (χ3n) is 5.40. The number of anilines is 1. The van der Waals surface area contributed by atoms with Crippen molar-refractivity contribution in [1.29, 1.82) is 0 Å². The van der Waals surface area contributed by atoms with Gasteiger partial charge in [0.15, 0.2) is 5.16 Å². The maximum atomic E-state index is 13.3. The molecular formula is C22H22N4O5S2. The third kappa shape index (κ3) is 4.38. The van der Waals surface area contributed by atoms with Gasteiger partial charge in [-0.1, -0.05) is 17.8 Å². The molecule has 11 heteroatoms. The molecule has 2 heterocycles. The second-order valence-electron chi connectivity index (χ2n) is 7.53. The summed E-state index contributed by atoms with van der Waals surface area (Å²) < 4.78 is 6.76. The van der Waals surface area contributed by atoms with E-state index in [-0.39, 0.29) is 23.5 Å². The first-order valence-electron chi connectivity index (χ1n) is 10.3. The molecule has 33 heavy (non-hydrogen) atoms. The summed E-state index contributed by atoms with van der Waals surface area (Å²) in [5.41, 5.74) is 1.02. The maximum Gasteiger partial charge on any atom is 0.271 e. The van der Waals surface area contributed by atoms with E-state index in [1.165, 1.54) is 30.2 Å². The Morgan fingerprint density at radius 3 is 2.97 bits per heavy atom. The van der Waals surface area contributed by atoms with Gasteiger partial charge >= 0.3 is 0 Å². The lowest BCUT2D eigenvalue weighted by Gasteiger charge is -2.16. The SMILES string of the molecule is C=CCn1c(SC(C)C(=O)Nc2cc([N+](=O)[O-])ccc2OC)nc2sc3c(c2c1=O)CCC3. The molecule has 4 rings (SSSR count). The number of non-ortho nitro benzene ring substituents is 1. The van der Waals surface area contributed by atoms with Crippen molar-refractivity contribution in [2.24, 2.45) is 0 Å². The van der Waals surface area contributed by atoms with E-state index in [2.05, 4.69) is 11.9 Å². The van der Waals surface area contributed by atoms with Crippen molar-refractivity contribution in [1.82, 2.24) is 9.55 Å². The van der Waals surface area contributed by atoms with Crippen LogP contribution in [0.4, 0.5) is 11.4 Å². The standard InChI is InChI=1S/C22H22N4O5S2/c1-4-10-25-21(28)18-14-6-5-7-17(14)33-20(18)24-22(25)32-12(2)19(27)23-15-11-13(26(29)30)8-9-16(15)31-3/h4,8-9,11-12H,1,5-7,10H2,2-3H3,(H,23,27). The predicted octanol–water partition coefficient (Wildman–Crippen LogP) is 4.17. The summed E-state index contributed by atoms with van der Waals surface area (Å²) in [7, 11) is 1.42. The molecule has 0 saturated heterocycles. The summed E-state index contributed by atoms with van der Waals surface area (Å²) in [6.07, 6.45) is 4.53. The minimum absolute atomic E-state index is 0.116. The Morgan fingerprint density at radius 2 is 2.27 bits per heavy atom. The van der Waals surface area contributed by atoms with Crippen LogP contribution in [0, 0.1) is 10.1 Å². The first-order valence-corrected chi connectivity index (χ1v) is 12.0. The molecule has 3 aromatic rings. The first-order chi connectivity index (χ1) is 15.8. The van der Waals surface area contributed by atoms with Crippen LogP contribution in [0.1, 0.15) is 23.8 Å². The average molecular weight is 487 g/mol. The van der Waals surface area contributed by atoms with Gasteiger partial charge in [-0.05, 0) is 37.8 Å². The van der Waals surface area contributed by atoms with Crippen molar-refractivity contribution in [3.05, 3.63) is 61.8 Å². The Labute approximate surface area is 197 Å². The summed E-state index contributed by atoms with van der Waals surface area (Å²) >= 11 is 2.70. The summed E-state index contributed by atoms with van der Waals surface area (Å²) in [6.45, 7) is 5.71. The minimum Gasteiger partial charge on any atom is -0.495 e. The van der Waals surface area contributed by atoms with Gasteiger partial charge in [-0.3, -0.25) is 24.3 Å². The lowest BCUT2D eigenvalue weighted by molar-refractivity contribution is -0.384. The van der Waals surface area contributed by atoms with Crippen LogP contribution in [0.25, 0.3) is 10.2 Å². The quantitative estimate of drug-likeness (QED) is 0.167. The highest BCUT2D eigenvalue weighted by Crippen LogP contribution is 2.36. The molecule has 9 nitrogen and oxygen atoms in total. The van der Waals surface area contributed by atoms with Gasteiger partial charge < -0.3 is 10.1 Å². The Bertz CT molecular complexity index is 1330. The van der Waals surface area contributed by atoms with Gasteiger partial charge in [0.25, 0.3) is 11.2 Å². The average Bonchev–Trinajstić information content (AvgIpc) is 3.37. The number of fused-ring (bicyclic) bond motifs is 3. The fourth-order valence-electron chi connectivity index (χ4n) is 3.79. The lowest BCUT2D eigenvalue weighted by atomic mass is 10.2. The van der Waals surface area contributed by atoms with Gasteiger partial charge in [0.05, 0.1) is 28.4 Å². The number of amides is 1. The van der Waals surface area contributed by atoms with E-state index >= 15 is 0 Å². The monoisotopic (exact) mass is 486 g/mol. The van der Waals surface area contributed by atoms with Crippen LogP contribution < -0.4 is 15.6 Å². The molecule has 0 aliphatic heterocycles. The van der Waals surface area contributed by atoms with E-state index in [1.807, 2.05) is 0 Å². The zero-order valence-corrected chi connectivity index (χ0v) is 19.8. The van der Waals surface area contributed by atoms with E-state index in [9.17, 15) is 19.7 Å². The number of hydrogen-bond acceptors (Lipinski definition) is 8. The predicted molar refractivity (Wildman–Crippen MR) is 130 cm³/mol. The number of nitro benzene ring substituents is 1. The number of carbonyl (C=O) groups excluding carboxylic acids is 1. The lowest BCUT2D eigenvalue weighted by Crippen LogP contribution is -2.27. The van der Waals surface area contributed by atoms with Crippen molar-refractivity contribution < 1.29 is 14.5 Å². The number of rotatable bonds is 8. The Balaban J connectivity index is 1.63. The van der Waals surface area contributed by atoms with E-state index in [0.29, 0.717) is 21.1 Å². The maximum absolute atomic E-state index is 13.3. The number of nitro groups is 1. The number of benzene rings is 1. The number of aryl methyl sites for hydroxylation is 2. The van der Waals surface area contributed by atoms with Crippen molar-refractivity contribution in [2.45, 2.75) is 43.1 Å². The van der Waals surface area contributed by atoms with E-state index in [4.69, 9.17) is 9.72 Å². The molecule has 1 aromatic carbocycles. The van der Waals surface area contributed by atoms with Crippen LogP contribution in [-0.2, 0) is 24.2 Å². The molecule has 1 atom stereocenters. The molecule has 1 aliphatic carbocycles. The molecule has 1 amide bonds. The number of aromatic nitrogens is 2. The smallest absolute Gasteiger partial charge is 0.271 e. The molecule has 172 valence electrons. The summed E-state index contributed by atoms with van der Waals surface area (Å²) in [4.78, 5) is 43.4. The summed E-state index contributed by atoms with van der Waals surface area (Å²) in [5.74, 6) is -0.0886. The number of allylic oxidation sites excluding steroid dienone is 1. The van der Waals surface area contributed by atoms with E-state index < -0.39 is 16.1 Å². The Kier molecular flexibility index (Phi) is 6.52. The molecule has 0 fully saturated rings. The highest BCUT2D eigenvalue weighted by atomic mass is 32.2. The highest BCUT2D eigenvalue weighted by molar-refractivity contribution is 8.00. The first kappa shape index (κ1) is 23.0. The number of nitrogens with one attached hydrogen (secondary N) is 1. The molecule has 0 radical (unpaired) electrons. The van der Waals surface area contributed by atoms with Gasteiger partial charge in [0.1, 0.15) is 10.6 Å². The molecule has 1 aliphatic rings. The van der Waals surface area contributed by atoms with E-state index in [1.54, 1.807) is 28.9 Å². The zero-order chi connectivity index (χ0) is 23.7. The highest BCUT2D eigenvalue weighted by Gasteiger charge is 2.25. The van der Waals surface area contributed by atoms with Crippen LogP contribution in [0.5, 0.6) is 5.75 Å². The van der Waals surface area contributed by atoms with Gasteiger partial charge in [-0.2, -0.15) is 0 Å². The Morgan fingerprint density at radius 1 is 1.48 bits per heavy atom. The largest absolute Gasteiger partial charge is 0.495 e. The van der Waals surface area contributed by atoms with Crippen molar-refractivity contribution in [2.75, 3.05) is 12.4 Å². The zero-order valence-electron chi connectivity index (χ0n) is 18.1. The molecule has 0 spiro atoms. The topological polar surface area (TPSA) is 116 Å². The summed E-state index contributed by atoms with van der Waals surface area (Å²) in [6, 6.07) is 3.98. The molecule has 0 bridgehead atoms. The van der Waals surface area contributed by atoms with Crippen molar-refractivity contribution in [3.63, 3.8) is 0 Å². The van der Waals surface area contributed by atoms with Crippen LogP contribution >= 0.6 is 23.1 Å². The van der Waals surface area contributed by atoms with Crippen LogP contribution in [0.2, 0.25) is 0 Å². The number of ether oxygens (including phenoxy) is 1. The fourth-order valence-corrected chi connectivity index (χ4v) is 6.01. The third-order valence-corrected chi connectivity index (χ3v) is 7.68. The number of carbonyl (C=O) groups is 1. The normalized spacial score (nSPS) is 13.5. The summed E-state index contributed by atoms with van der Waals surface area (Å²) in [5, 5.41) is 14.3. The van der Waals surface area contributed by atoms with E-state index in [0.717, 1.165) is 36.6 Å². The van der Waals surface area contributed by atoms with Gasteiger partial charge in [-0.25, -0.2) is 4.98 Å². The number of thiophene rings is 1. The fraction of sp³-hybridized carbons (Fsp3) is 0.318. The Hall–Kier alpha value is -3.18. The minimum atomic E-state index is -0.638. The number of hydrogen-bond donors (Lipinski definition) is 1. The second-order valence-corrected chi connectivity index (χ2v) is 9.92.